The van der Waals surface area contributed by atoms with Crippen molar-refractivity contribution in [2.45, 2.75) is 6.18 Å². The summed E-state index contributed by atoms with van der Waals surface area (Å²) in [5.41, 5.74) is 1.95. The average molecular weight is 389 g/mol. The van der Waals surface area contributed by atoms with Gasteiger partial charge in [-0.05, 0) is 45.8 Å². The van der Waals surface area contributed by atoms with Crippen LogP contribution >= 0.6 is 15.9 Å². The van der Waals surface area contributed by atoms with Crippen LogP contribution in [0.3, 0.4) is 0 Å². The normalized spacial score (nSPS) is 11.7. The molecular formula is C15H12BrF3N2O2. The monoisotopic (exact) mass is 388 g/mol. The van der Waals surface area contributed by atoms with Gasteiger partial charge in [-0.1, -0.05) is 12.1 Å². The number of methoxy groups -OCH3 is 1. The number of para-hydroxylation sites is 1. The largest absolute Gasteiger partial charge is 0.503 e. The van der Waals surface area contributed by atoms with Gasteiger partial charge in [0.15, 0.2) is 11.5 Å². The zero-order valence-corrected chi connectivity index (χ0v) is 13.4. The highest BCUT2D eigenvalue weighted by Gasteiger charge is 2.33. The number of phenolic OH excluding ortho intramolecular Hbond substituents is 1. The molecule has 0 unspecified atom stereocenters. The maximum absolute atomic E-state index is 12.9. The van der Waals surface area contributed by atoms with E-state index in [-0.39, 0.29) is 17.2 Å². The van der Waals surface area contributed by atoms with Gasteiger partial charge in [0, 0.05) is 0 Å². The molecule has 0 aliphatic heterocycles. The van der Waals surface area contributed by atoms with Crippen LogP contribution in [-0.4, -0.2) is 18.4 Å². The van der Waals surface area contributed by atoms with E-state index in [1.165, 1.54) is 37.6 Å². The Labute approximate surface area is 138 Å². The minimum absolute atomic E-state index is 0.0694. The van der Waals surface area contributed by atoms with Crippen molar-refractivity contribution in [2.24, 2.45) is 5.10 Å². The number of nitrogens with zero attached hydrogens (tertiary/aromatic N) is 1. The van der Waals surface area contributed by atoms with E-state index in [0.29, 0.717) is 10.0 Å². The molecule has 0 heterocycles. The number of nitrogens with one attached hydrogen (secondary N) is 1. The summed E-state index contributed by atoms with van der Waals surface area (Å²) in [6.45, 7) is 0. The van der Waals surface area contributed by atoms with Gasteiger partial charge in [-0.2, -0.15) is 18.3 Å². The van der Waals surface area contributed by atoms with Crippen LogP contribution in [-0.2, 0) is 6.18 Å². The molecular weight excluding hydrogens is 377 g/mol. The van der Waals surface area contributed by atoms with Crippen molar-refractivity contribution >= 4 is 27.8 Å². The number of alkyl halides is 3. The van der Waals surface area contributed by atoms with Crippen molar-refractivity contribution < 1.29 is 23.0 Å². The Hall–Kier alpha value is -2.22. The highest BCUT2D eigenvalue weighted by Crippen LogP contribution is 2.35. The number of rotatable bonds is 4. The summed E-state index contributed by atoms with van der Waals surface area (Å²) in [7, 11) is 1.39. The Kier molecular flexibility index (Phi) is 5.15. The quantitative estimate of drug-likeness (QED) is 0.593. The SMILES string of the molecule is COc1cc(/C=N/Nc2ccccc2C(F)(F)F)cc(Br)c1O. The average Bonchev–Trinajstić information content (AvgIpc) is 2.50. The highest BCUT2D eigenvalue weighted by molar-refractivity contribution is 9.10. The maximum atomic E-state index is 12.9. The Balaban J connectivity index is 2.22. The number of benzene rings is 2. The third-order valence-corrected chi connectivity index (χ3v) is 3.51. The number of halogens is 4. The predicted molar refractivity (Wildman–Crippen MR) is 85.0 cm³/mol. The van der Waals surface area contributed by atoms with E-state index < -0.39 is 11.7 Å². The van der Waals surface area contributed by atoms with Crippen LogP contribution in [0.15, 0.2) is 46.0 Å². The van der Waals surface area contributed by atoms with Gasteiger partial charge < -0.3 is 9.84 Å². The summed E-state index contributed by atoms with van der Waals surface area (Å²) < 4.78 is 43.9. The molecule has 2 rings (SSSR count). The third-order valence-electron chi connectivity index (χ3n) is 2.90. The third kappa shape index (κ3) is 4.16. The van der Waals surface area contributed by atoms with Crippen molar-refractivity contribution in [1.29, 1.82) is 0 Å². The summed E-state index contributed by atoms with van der Waals surface area (Å²) in [6, 6.07) is 8.10. The summed E-state index contributed by atoms with van der Waals surface area (Å²) >= 11 is 3.15. The Morgan fingerprint density at radius 2 is 1.96 bits per heavy atom. The first-order chi connectivity index (χ1) is 10.8. The second-order valence-electron chi connectivity index (χ2n) is 4.47. The minimum Gasteiger partial charge on any atom is -0.503 e. The molecule has 8 heteroatoms. The first kappa shape index (κ1) is 17.1. The summed E-state index contributed by atoms with van der Waals surface area (Å²) in [4.78, 5) is 0. The van der Waals surface area contributed by atoms with Gasteiger partial charge in [0.05, 0.1) is 29.0 Å². The lowest BCUT2D eigenvalue weighted by Gasteiger charge is -2.11. The highest BCUT2D eigenvalue weighted by atomic mass is 79.9. The molecule has 2 aromatic rings. The van der Waals surface area contributed by atoms with E-state index in [1.54, 1.807) is 6.07 Å². The van der Waals surface area contributed by atoms with Gasteiger partial charge in [0.1, 0.15) is 0 Å². The van der Waals surface area contributed by atoms with Crippen molar-refractivity contribution in [3.63, 3.8) is 0 Å². The number of hydrogen-bond acceptors (Lipinski definition) is 4. The molecule has 0 bridgehead atoms. The van der Waals surface area contributed by atoms with Gasteiger partial charge in [0.25, 0.3) is 0 Å². The number of hydrazone groups is 1. The van der Waals surface area contributed by atoms with Crippen LogP contribution in [0.2, 0.25) is 0 Å². The number of aromatic hydroxyl groups is 1. The molecule has 0 aliphatic rings. The van der Waals surface area contributed by atoms with Gasteiger partial charge in [-0.25, -0.2) is 0 Å². The standard InChI is InChI=1S/C15H12BrF3N2O2/c1-23-13-7-9(6-11(16)14(13)22)8-20-21-12-5-3-2-4-10(12)15(17,18)19/h2-8,21-22H,1H3/b20-8+. The first-order valence-electron chi connectivity index (χ1n) is 6.34. The first-order valence-corrected chi connectivity index (χ1v) is 7.14. The van der Waals surface area contributed by atoms with Gasteiger partial charge in [-0.15, -0.1) is 0 Å². The molecule has 122 valence electrons. The maximum Gasteiger partial charge on any atom is 0.418 e. The van der Waals surface area contributed by atoms with Gasteiger partial charge in [0.2, 0.25) is 0 Å². The Morgan fingerprint density at radius 3 is 2.61 bits per heavy atom. The second-order valence-corrected chi connectivity index (χ2v) is 5.32. The summed E-state index contributed by atoms with van der Waals surface area (Å²) in [6.07, 6.45) is -3.15. The molecule has 0 spiro atoms. The predicted octanol–water partition coefficient (Wildman–Crippen LogP) is 4.63. The van der Waals surface area contributed by atoms with Crippen LogP contribution in [0.1, 0.15) is 11.1 Å². The van der Waals surface area contributed by atoms with E-state index in [2.05, 4.69) is 26.5 Å². The lowest BCUT2D eigenvalue weighted by molar-refractivity contribution is -0.136. The molecule has 0 atom stereocenters. The number of ether oxygens (including phenoxy) is 1. The van der Waals surface area contributed by atoms with Gasteiger partial charge >= 0.3 is 6.18 Å². The van der Waals surface area contributed by atoms with Crippen molar-refractivity contribution in [2.75, 3.05) is 12.5 Å². The molecule has 23 heavy (non-hydrogen) atoms. The Bertz CT molecular complexity index is 733. The van der Waals surface area contributed by atoms with Crippen molar-refractivity contribution in [3.8, 4) is 11.5 Å². The fourth-order valence-electron chi connectivity index (χ4n) is 1.83. The van der Waals surface area contributed by atoms with Crippen LogP contribution in [0, 0.1) is 0 Å². The molecule has 0 aliphatic carbocycles. The van der Waals surface area contributed by atoms with Crippen LogP contribution < -0.4 is 10.2 Å². The molecule has 4 nitrogen and oxygen atoms in total. The summed E-state index contributed by atoms with van der Waals surface area (Å²) in [5.74, 6) is 0.150. The van der Waals surface area contributed by atoms with Gasteiger partial charge in [-0.3, -0.25) is 5.43 Å². The molecule has 0 saturated carbocycles. The number of anilines is 1. The molecule has 0 aromatic heterocycles. The fourth-order valence-corrected chi connectivity index (χ4v) is 2.29. The zero-order valence-electron chi connectivity index (χ0n) is 11.9. The van der Waals surface area contributed by atoms with E-state index in [4.69, 9.17) is 4.74 Å². The topological polar surface area (TPSA) is 53.8 Å². The Morgan fingerprint density at radius 1 is 1.26 bits per heavy atom. The smallest absolute Gasteiger partial charge is 0.418 e. The molecule has 0 fully saturated rings. The van der Waals surface area contributed by atoms with Crippen LogP contribution in [0.25, 0.3) is 0 Å². The van der Waals surface area contributed by atoms with E-state index in [1.807, 2.05) is 0 Å². The molecule has 0 amide bonds. The number of hydrogen-bond donors (Lipinski definition) is 2. The number of phenols is 1. The van der Waals surface area contributed by atoms with Crippen molar-refractivity contribution in [1.82, 2.24) is 0 Å². The van der Waals surface area contributed by atoms with E-state index in [9.17, 15) is 18.3 Å². The van der Waals surface area contributed by atoms with E-state index in [0.717, 1.165) is 6.07 Å². The van der Waals surface area contributed by atoms with Crippen LogP contribution in [0.5, 0.6) is 11.5 Å². The van der Waals surface area contributed by atoms with Crippen LogP contribution in [0.4, 0.5) is 18.9 Å². The molecule has 2 N–H and O–H groups in total. The second kappa shape index (κ2) is 6.91. The fraction of sp³-hybridized carbons (Fsp3) is 0.133. The summed E-state index contributed by atoms with van der Waals surface area (Å²) in [5, 5.41) is 13.5. The zero-order chi connectivity index (χ0) is 17.0. The minimum atomic E-state index is -4.47. The lowest BCUT2D eigenvalue weighted by Crippen LogP contribution is -2.08. The molecule has 0 radical (unpaired) electrons. The van der Waals surface area contributed by atoms with Crippen molar-refractivity contribution in [3.05, 3.63) is 52.0 Å². The van der Waals surface area contributed by atoms with E-state index >= 15 is 0 Å². The molecule has 0 saturated heterocycles. The lowest BCUT2D eigenvalue weighted by atomic mass is 10.2. The molecule has 2 aromatic carbocycles.